The van der Waals surface area contributed by atoms with Crippen molar-refractivity contribution >= 4 is 22.8 Å². The van der Waals surface area contributed by atoms with Crippen molar-refractivity contribution in [3.05, 3.63) is 65.5 Å². The number of nitrogens with two attached hydrogens (primary N) is 1. The van der Waals surface area contributed by atoms with E-state index in [4.69, 9.17) is 14.9 Å². The van der Waals surface area contributed by atoms with Gasteiger partial charge in [0.1, 0.15) is 11.6 Å². The fourth-order valence-electron chi connectivity index (χ4n) is 3.49. The van der Waals surface area contributed by atoms with Crippen LogP contribution in [0.2, 0.25) is 0 Å². The minimum Gasteiger partial charge on any atom is -0.464 e. The Bertz CT molecular complexity index is 1310. The summed E-state index contributed by atoms with van der Waals surface area (Å²) in [4.78, 5) is 16.8. The van der Waals surface area contributed by atoms with Crippen molar-refractivity contribution in [2.45, 2.75) is 26.2 Å². The number of carbonyl (C=O) groups excluding carboxylic acids is 1. The second kappa shape index (κ2) is 8.00. The normalized spacial score (nSPS) is 11.9. The number of methoxy groups -OCH3 is 1. The van der Waals surface area contributed by atoms with Crippen LogP contribution >= 0.6 is 0 Å². The van der Waals surface area contributed by atoms with Gasteiger partial charge in [-0.25, -0.2) is 9.78 Å². The van der Waals surface area contributed by atoms with Gasteiger partial charge in [0.05, 0.1) is 18.4 Å². The van der Waals surface area contributed by atoms with Crippen molar-refractivity contribution in [1.29, 1.82) is 5.26 Å². The van der Waals surface area contributed by atoms with E-state index in [0.29, 0.717) is 17.5 Å². The molecule has 0 saturated heterocycles. The molecule has 0 aliphatic heterocycles. The summed E-state index contributed by atoms with van der Waals surface area (Å²) in [7, 11) is 1.27. The summed E-state index contributed by atoms with van der Waals surface area (Å²) in [6.07, 6.45) is 2.58. The van der Waals surface area contributed by atoms with E-state index in [9.17, 15) is 10.1 Å². The van der Waals surface area contributed by atoms with Crippen LogP contribution in [0.3, 0.4) is 0 Å². The summed E-state index contributed by atoms with van der Waals surface area (Å²) in [6.45, 7) is 4.35. The van der Waals surface area contributed by atoms with Gasteiger partial charge < -0.3 is 19.5 Å². The molecule has 4 aromatic rings. The zero-order valence-corrected chi connectivity index (χ0v) is 17.5. The van der Waals surface area contributed by atoms with Crippen LogP contribution in [0, 0.1) is 11.3 Å². The van der Waals surface area contributed by atoms with Crippen LogP contribution in [-0.4, -0.2) is 22.6 Å². The number of rotatable bonds is 5. The molecule has 1 unspecified atom stereocenters. The second-order valence-electron chi connectivity index (χ2n) is 7.38. The fourth-order valence-corrected chi connectivity index (χ4v) is 3.49. The smallest absolute Gasteiger partial charge is 0.357 e. The van der Waals surface area contributed by atoms with E-state index < -0.39 is 5.97 Å². The van der Waals surface area contributed by atoms with Crippen molar-refractivity contribution in [2.24, 2.45) is 0 Å². The van der Waals surface area contributed by atoms with Crippen molar-refractivity contribution in [1.82, 2.24) is 9.55 Å². The molecule has 0 aliphatic rings. The summed E-state index contributed by atoms with van der Waals surface area (Å²) in [5, 5.41) is 9.27. The second-order valence-corrected chi connectivity index (χ2v) is 7.38. The molecule has 2 N–H and O–H groups in total. The Morgan fingerprint density at radius 3 is 2.68 bits per heavy atom. The minimum absolute atomic E-state index is 0.0921. The van der Waals surface area contributed by atoms with Gasteiger partial charge in [0, 0.05) is 17.4 Å². The predicted octanol–water partition coefficient (Wildman–Crippen LogP) is 5.04. The van der Waals surface area contributed by atoms with E-state index in [1.807, 2.05) is 36.4 Å². The van der Waals surface area contributed by atoms with E-state index >= 15 is 0 Å². The molecule has 31 heavy (non-hydrogen) atoms. The lowest BCUT2D eigenvalue weighted by molar-refractivity contribution is 0.0593. The highest BCUT2D eigenvalue weighted by Gasteiger charge is 2.21. The van der Waals surface area contributed by atoms with Crippen LogP contribution in [0.1, 0.15) is 47.8 Å². The van der Waals surface area contributed by atoms with Gasteiger partial charge in [0.15, 0.2) is 11.3 Å². The van der Waals surface area contributed by atoms with Crippen LogP contribution in [0.4, 0.5) is 5.69 Å². The first-order chi connectivity index (χ1) is 15.0. The highest BCUT2D eigenvalue weighted by molar-refractivity contribution is 5.96. The monoisotopic (exact) mass is 414 g/mol. The number of anilines is 1. The van der Waals surface area contributed by atoms with Crippen molar-refractivity contribution in [3.8, 4) is 23.2 Å². The van der Waals surface area contributed by atoms with Crippen LogP contribution in [0.25, 0.3) is 28.2 Å². The molecule has 2 aromatic heterocycles. The molecule has 0 radical (unpaired) electrons. The minimum atomic E-state index is -0.612. The Morgan fingerprint density at radius 1 is 1.29 bits per heavy atom. The zero-order chi connectivity index (χ0) is 22.1. The third kappa shape index (κ3) is 3.53. The largest absolute Gasteiger partial charge is 0.464 e. The molecule has 2 aromatic carbocycles. The van der Waals surface area contributed by atoms with Gasteiger partial charge in [-0.05, 0) is 54.3 Å². The van der Waals surface area contributed by atoms with E-state index in [1.54, 1.807) is 4.57 Å². The van der Waals surface area contributed by atoms with Crippen molar-refractivity contribution in [2.75, 3.05) is 12.8 Å². The highest BCUT2D eigenvalue weighted by atomic mass is 16.5. The summed E-state index contributed by atoms with van der Waals surface area (Å²) >= 11 is 0. The van der Waals surface area contributed by atoms with Crippen LogP contribution < -0.4 is 5.73 Å². The molecule has 2 heterocycles. The summed E-state index contributed by atoms with van der Waals surface area (Å²) in [6, 6.07) is 15.4. The number of carbonyl (C=O) groups is 1. The van der Waals surface area contributed by atoms with Gasteiger partial charge in [-0.15, -0.1) is 0 Å². The molecule has 1 atom stereocenters. The van der Waals surface area contributed by atoms with E-state index in [-0.39, 0.29) is 16.9 Å². The zero-order valence-electron chi connectivity index (χ0n) is 17.5. The van der Waals surface area contributed by atoms with Gasteiger partial charge in [-0.2, -0.15) is 5.26 Å². The fraction of sp³-hybridized carbons (Fsp3) is 0.208. The van der Waals surface area contributed by atoms with E-state index in [0.717, 1.165) is 23.1 Å². The lowest BCUT2D eigenvalue weighted by Crippen LogP contribution is -2.11. The van der Waals surface area contributed by atoms with Gasteiger partial charge in [-0.3, -0.25) is 0 Å². The lowest BCUT2D eigenvalue weighted by atomic mass is 9.98. The summed E-state index contributed by atoms with van der Waals surface area (Å²) < 4.78 is 12.3. The maximum Gasteiger partial charge on any atom is 0.357 e. The molecule has 0 bridgehead atoms. The molecular weight excluding hydrogens is 392 g/mol. The lowest BCUT2D eigenvalue weighted by Gasteiger charge is -2.08. The molecule has 0 fully saturated rings. The van der Waals surface area contributed by atoms with Gasteiger partial charge in [0.2, 0.25) is 5.89 Å². The number of aromatic nitrogens is 2. The third-order valence-corrected chi connectivity index (χ3v) is 5.53. The number of nitrogen functional groups attached to an aromatic ring is 1. The number of nitriles is 1. The molecule has 7 heteroatoms. The van der Waals surface area contributed by atoms with Gasteiger partial charge in [-0.1, -0.05) is 19.9 Å². The standard InChI is InChI=1S/C24H22N4O3/c1-4-14(2)16-7-10-20-19(11-16)27-23(31-20)15-5-8-18(9-6-15)28-13-17(12-25)21(26)22(28)24(29)30-3/h5-11,13-14H,4,26H2,1-3H3. The summed E-state index contributed by atoms with van der Waals surface area (Å²) in [5.74, 6) is 0.361. The third-order valence-electron chi connectivity index (χ3n) is 5.53. The van der Waals surface area contributed by atoms with E-state index in [2.05, 4.69) is 31.0 Å². The molecule has 0 aliphatic carbocycles. The quantitative estimate of drug-likeness (QED) is 0.459. The average Bonchev–Trinajstić information content (AvgIpc) is 3.38. The summed E-state index contributed by atoms with van der Waals surface area (Å²) in [5.41, 5.74) is 10.6. The Kier molecular flexibility index (Phi) is 5.22. The van der Waals surface area contributed by atoms with Gasteiger partial charge in [0.25, 0.3) is 0 Å². The Hall–Kier alpha value is -4.05. The van der Waals surface area contributed by atoms with Crippen LogP contribution in [-0.2, 0) is 4.74 Å². The van der Waals surface area contributed by atoms with E-state index in [1.165, 1.54) is 18.9 Å². The number of nitrogens with zero attached hydrogens (tertiary/aromatic N) is 3. The number of benzene rings is 2. The number of ether oxygens (including phenoxy) is 1. The molecule has 0 amide bonds. The van der Waals surface area contributed by atoms with Crippen molar-refractivity contribution < 1.29 is 13.9 Å². The first-order valence-corrected chi connectivity index (χ1v) is 9.97. The molecule has 156 valence electrons. The molecule has 7 nitrogen and oxygen atoms in total. The average molecular weight is 414 g/mol. The van der Waals surface area contributed by atoms with Crippen LogP contribution in [0.5, 0.6) is 0 Å². The molecule has 0 spiro atoms. The topological polar surface area (TPSA) is 107 Å². The number of hydrogen-bond acceptors (Lipinski definition) is 6. The maximum atomic E-state index is 12.2. The number of oxazole rings is 1. The highest BCUT2D eigenvalue weighted by Crippen LogP contribution is 2.30. The predicted molar refractivity (Wildman–Crippen MR) is 118 cm³/mol. The van der Waals surface area contributed by atoms with Gasteiger partial charge >= 0.3 is 5.97 Å². The Morgan fingerprint density at radius 2 is 2.03 bits per heavy atom. The number of esters is 1. The Balaban J connectivity index is 1.71. The molecule has 0 saturated carbocycles. The maximum absolute atomic E-state index is 12.2. The first-order valence-electron chi connectivity index (χ1n) is 9.97. The van der Waals surface area contributed by atoms with Crippen molar-refractivity contribution in [3.63, 3.8) is 0 Å². The Labute approximate surface area is 179 Å². The molecule has 4 rings (SSSR count). The first kappa shape index (κ1) is 20.2. The van der Waals surface area contributed by atoms with Crippen LogP contribution in [0.15, 0.2) is 53.1 Å². The number of hydrogen-bond donors (Lipinski definition) is 1. The SMILES string of the molecule is CCC(C)c1ccc2oc(-c3ccc(-n4cc(C#N)c(N)c4C(=O)OC)cc3)nc2c1. The number of fused-ring (bicyclic) bond motifs is 1. The molecular formula is C24H22N4O3.